The van der Waals surface area contributed by atoms with Crippen molar-refractivity contribution in [3.63, 3.8) is 0 Å². The van der Waals surface area contributed by atoms with Crippen LogP contribution in [0.25, 0.3) is 5.69 Å². The average Bonchev–Trinajstić information content (AvgIpc) is 3.22. The van der Waals surface area contributed by atoms with Gasteiger partial charge in [0.25, 0.3) is 0 Å². The number of likely N-dealkylation sites (N-methyl/N-ethyl adjacent to an activating group) is 1. The van der Waals surface area contributed by atoms with E-state index in [4.69, 9.17) is 0 Å². The zero-order valence-electron chi connectivity index (χ0n) is 18.3. The molecule has 0 radical (unpaired) electrons. The molecule has 1 fully saturated rings. The van der Waals surface area contributed by atoms with E-state index in [2.05, 4.69) is 65.3 Å². The van der Waals surface area contributed by atoms with Crippen molar-refractivity contribution in [2.24, 2.45) is 0 Å². The molecule has 0 unspecified atom stereocenters. The minimum absolute atomic E-state index is 0.0314. The first-order valence-electron chi connectivity index (χ1n) is 10.6. The van der Waals surface area contributed by atoms with Crippen LogP contribution < -0.4 is 10.2 Å². The van der Waals surface area contributed by atoms with Gasteiger partial charge in [-0.15, -0.1) is 0 Å². The molecule has 7 heteroatoms. The fraction of sp³-hybridized carbons (Fsp3) is 0.333. The van der Waals surface area contributed by atoms with E-state index in [0.717, 1.165) is 42.7 Å². The molecular formula is C24H29N5OS. The highest BCUT2D eigenvalue weighted by atomic mass is 32.2. The molecule has 0 saturated carbocycles. The van der Waals surface area contributed by atoms with E-state index in [1.165, 1.54) is 28.6 Å². The van der Waals surface area contributed by atoms with Crippen LogP contribution in [0.2, 0.25) is 0 Å². The second kappa shape index (κ2) is 9.58. The van der Waals surface area contributed by atoms with E-state index >= 15 is 0 Å². The minimum atomic E-state index is -0.0314. The third kappa shape index (κ3) is 5.11. The van der Waals surface area contributed by atoms with Gasteiger partial charge in [-0.25, -0.2) is 4.98 Å². The molecule has 4 rings (SSSR count). The van der Waals surface area contributed by atoms with Crippen molar-refractivity contribution in [1.29, 1.82) is 0 Å². The average molecular weight is 436 g/mol. The van der Waals surface area contributed by atoms with Gasteiger partial charge in [0.15, 0.2) is 5.16 Å². The molecule has 0 aliphatic carbocycles. The van der Waals surface area contributed by atoms with Crippen LogP contribution in [0.4, 0.5) is 11.4 Å². The number of anilines is 2. The Balaban J connectivity index is 1.36. The molecule has 1 aliphatic rings. The highest BCUT2D eigenvalue weighted by Crippen LogP contribution is 2.26. The van der Waals surface area contributed by atoms with Crippen LogP contribution in [0.5, 0.6) is 0 Å². The molecule has 0 spiro atoms. The molecular weight excluding hydrogens is 406 g/mol. The zero-order chi connectivity index (χ0) is 21.8. The number of para-hydroxylation sites is 1. The van der Waals surface area contributed by atoms with E-state index in [9.17, 15) is 4.79 Å². The number of rotatable bonds is 6. The maximum atomic E-state index is 12.6. The van der Waals surface area contributed by atoms with Gasteiger partial charge in [0.1, 0.15) is 0 Å². The molecule has 3 aromatic rings. The van der Waals surface area contributed by atoms with E-state index < -0.39 is 0 Å². The van der Waals surface area contributed by atoms with Crippen LogP contribution in [-0.2, 0) is 4.79 Å². The lowest BCUT2D eigenvalue weighted by atomic mass is 10.1. The number of imidazole rings is 1. The SMILES string of the molecule is Cc1cc(NC(=O)CSc2nccn2-c2ccccc2C)ccc1N1CCN(C)CC1. The maximum absolute atomic E-state index is 12.6. The summed E-state index contributed by atoms with van der Waals surface area (Å²) in [6, 6.07) is 14.3. The van der Waals surface area contributed by atoms with Crippen molar-refractivity contribution in [1.82, 2.24) is 14.5 Å². The molecule has 0 bridgehead atoms. The lowest BCUT2D eigenvalue weighted by Crippen LogP contribution is -2.44. The van der Waals surface area contributed by atoms with Crippen LogP contribution in [0.1, 0.15) is 11.1 Å². The first kappa shape index (κ1) is 21.5. The third-order valence-electron chi connectivity index (χ3n) is 5.64. The van der Waals surface area contributed by atoms with Crippen molar-refractivity contribution >= 4 is 29.0 Å². The summed E-state index contributed by atoms with van der Waals surface area (Å²) in [5.74, 6) is 0.276. The Hall–Kier alpha value is -2.77. The molecule has 1 aromatic heterocycles. The monoisotopic (exact) mass is 435 g/mol. The number of aromatic nitrogens is 2. The first-order chi connectivity index (χ1) is 15.0. The molecule has 6 nitrogen and oxygen atoms in total. The molecule has 1 amide bonds. The Morgan fingerprint density at radius 1 is 1.03 bits per heavy atom. The van der Waals surface area contributed by atoms with Gasteiger partial charge in [0.2, 0.25) is 5.91 Å². The van der Waals surface area contributed by atoms with E-state index in [1.807, 2.05) is 29.0 Å². The summed E-state index contributed by atoms with van der Waals surface area (Å²) < 4.78 is 2.03. The van der Waals surface area contributed by atoms with Crippen LogP contribution in [0.3, 0.4) is 0 Å². The summed E-state index contributed by atoms with van der Waals surface area (Å²) in [6.07, 6.45) is 3.70. The Kier molecular flexibility index (Phi) is 6.63. The maximum Gasteiger partial charge on any atom is 0.234 e. The Morgan fingerprint density at radius 3 is 2.55 bits per heavy atom. The highest BCUT2D eigenvalue weighted by molar-refractivity contribution is 7.99. The zero-order valence-corrected chi connectivity index (χ0v) is 19.2. The Labute approximate surface area is 188 Å². The van der Waals surface area contributed by atoms with Crippen molar-refractivity contribution in [3.8, 4) is 5.69 Å². The molecule has 2 heterocycles. The van der Waals surface area contributed by atoms with Crippen molar-refractivity contribution in [2.45, 2.75) is 19.0 Å². The van der Waals surface area contributed by atoms with Gasteiger partial charge in [-0.2, -0.15) is 0 Å². The van der Waals surface area contributed by atoms with Crippen molar-refractivity contribution < 1.29 is 4.79 Å². The lowest BCUT2D eigenvalue weighted by Gasteiger charge is -2.35. The van der Waals surface area contributed by atoms with Gasteiger partial charge in [0, 0.05) is 49.9 Å². The number of amides is 1. The normalized spacial score (nSPS) is 14.6. The third-order valence-corrected chi connectivity index (χ3v) is 6.61. The largest absolute Gasteiger partial charge is 0.369 e. The molecule has 1 saturated heterocycles. The van der Waals surface area contributed by atoms with Crippen LogP contribution >= 0.6 is 11.8 Å². The molecule has 162 valence electrons. The molecule has 1 aliphatic heterocycles. The summed E-state index contributed by atoms with van der Waals surface area (Å²) >= 11 is 1.44. The van der Waals surface area contributed by atoms with Crippen molar-refractivity contribution in [3.05, 3.63) is 66.0 Å². The second-order valence-corrected chi connectivity index (χ2v) is 8.94. The van der Waals surface area contributed by atoms with Crippen molar-refractivity contribution in [2.75, 3.05) is 49.2 Å². The number of carbonyl (C=O) groups is 1. The topological polar surface area (TPSA) is 53.4 Å². The van der Waals surface area contributed by atoms with Crippen LogP contribution in [-0.4, -0.2) is 59.3 Å². The van der Waals surface area contributed by atoms with Gasteiger partial charge in [-0.1, -0.05) is 30.0 Å². The number of thioether (sulfide) groups is 1. The minimum Gasteiger partial charge on any atom is -0.369 e. The summed E-state index contributed by atoms with van der Waals surface area (Å²) in [5, 5.41) is 3.84. The van der Waals surface area contributed by atoms with Crippen LogP contribution in [0, 0.1) is 13.8 Å². The van der Waals surface area contributed by atoms with Gasteiger partial charge in [-0.3, -0.25) is 9.36 Å². The number of carbonyl (C=O) groups excluding carboxylic acids is 1. The number of hydrogen-bond donors (Lipinski definition) is 1. The first-order valence-corrected chi connectivity index (χ1v) is 11.6. The van der Waals surface area contributed by atoms with Gasteiger partial charge in [-0.05, 0) is 56.3 Å². The molecule has 31 heavy (non-hydrogen) atoms. The van der Waals surface area contributed by atoms with Gasteiger partial charge < -0.3 is 15.1 Å². The Bertz CT molecular complexity index is 1060. The number of nitrogens with zero attached hydrogens (tertiary/aromatic N) is 4. The fourth-order valence-electron chi connectivity index (χ4n) is 3.88. The molecule has 2 aromatic carbocycles. The predicted molar refractivity (Wildman–Crippen MR) is 129 cm³/mol. The lowest BCUT2D eigenvalue weighted by molar-refractivity contribution is -0.113. The fourth-order valence-corrected chi connectivity index (χ4v) is 4.64. The van der Waals surface area contributed by atoms with E-state index in [1.54, 1.807) is 6.20 Å². The summed E-state index contributed by atoms with van der Waals surface area (Å²) in [7, 11) is 2.16. The number of piperazine rings is 1. The van der Waals surface area contributed by atoms with E-state index in [0.29, 0.717) is 5.75 Å². The van der Waals surface area contributed by atoms with Gasteiger partial charge >= 0.3 is 0 Å². The molecule has 1 N–H and O–H groups in total. The number of benzene rings is 2. The predicted octanol–water partition coefficient (Wildman–Crippen LogP) is 3.97. The summed E-state index contributed by atoms with van der Waals surface area (Å²) in [6.45, 7) is 8.41. The van der Waals surface area contributed by atoms with E-state index in [-0.39, 0.29) is 5.91 Å². The number of nitrogens with one attached hydrogen (secondary N) is 1. The smallest absolute Gasteiger partial charge is 0.234 e. The summed E-state index contributed by atoms with van der Waals surface area (Å²) in [4.78, 5) is 21.8. The second-order valence-electron chi connectivity index (χ2n) is 7.99. The van der Waals surface area contributed by atoms with Gasteiger partial charge in [0.05, 0.1) is 11.4 Å². The quantitative estimate of drug-likeness (QED) is 0.594. The summed E-state index contributed by atoms with van der Waals surface area (Å²) in [5.41, 5.74) is 5.52. The van der Waals surface area contributed by atoms with Crippen LogP contribution in [0.15, 0.2) is 60.0 Å². The highest BCUT2D eigenvalue weighted by Gasteiger charge is 2.16. The standard InChI is InChI=1S/C24H29N5OS/c1-18-6-4-5-7-22(18)29-11-10-25-24(29)31-17-23(30)26-20-8-9-21(19(2)16-20)28-14-12-27(3)13-15-28/h4-11,16H,12-15,17H2,1-3H3,(H,26,30). The Morgan fingerprint density at radius 2 is 1.81 bits per heavy atom. The number of aryl methyl sites for hydroxylation is 2. The molecule has 0 atom stereocenters. The number of hydrogen-bond acceptors (Lipinski definition) is 5.